The molecule has 1 amide bonds. The van der Waals surface area contributed by atoms with Crippen LogP contribution in [-0.4, -0.2) is 31.6 Å². The zero-order valence-corrected chi connectivity index (χ0v) is 14.6. The quantitative estimate of drug-likeness (QED) is 0.583. The average Bonchev–Trinajstić information content (AvgIpc) is 2.54. The minimum absolute atomic E-state index is 0.00785. The summed E-state index contributed by atoms with van der Waals surface area (Å²) in [6.07, 6.45) is -0.387. The molecule has 0 saturated heterocycles. The van der Waals surface area contributed by atoms with Gasteiger partial charge in [0, 0.05) is 0 Å². The van der Waals surface area contributed by atoms with Crippen LogP contribution in [0.25, 0.3) is 0 Å². The van der Waals surface area contributed by atoms with E-state index in [0.717, 1.165) is 11.1 Å². The molecular weight excluding hydrogens is 310 g/mol. The first kappa shape index (κ1) is 19.7. The topological polar surface area (TPSA) is 81.7 Å². The molecule has 1 atom stereocenters. The molecule has 1 aromatic carbocycles. The van der Waals surface area contributed by atoms with Gasteiger partial charge in [-0.1, -0.05) is 38.1 Å². The molecule has 0 heterocycles. The first-order chi connectivity index (χ1) is 11.4. The number of hydrogen-bond donors (Lipinski definition) is 1. The van der Waals surface area contributed by atoms with Gasteiger partial charge in [0.25, 0.3) is 0 Å². The van der Waals surface area contributed by atoms with Crippen LogP contribution in [0.5, 0.6) is 0 Å². The summed E-state index contributed by atoms with van der Waals surface area (Å²) in [4.78, 5) is 35.0. The van der Waals surface area contributed by atoms with Crippen molar-refractivity contribution in [2.24, 2.45) is 0 Å². The van der Waals surface area contributed by atoms with E-state index in [1.54, 1.807) is 6.92 Å². The van der Waals surface area contributed by atoms with Crippen LogP contribution in [0.3, 0.4) is 0 Å². The van der Waals surface area contributed by atoms with E-state index < -0.39 is 23.9 Å². The Morgan fingerprint density at radius 1 is 1.04 bits per heavy atom. The lowest BCUT2D eigenvalue weighted by atomic mass is 9.97. The molecule has 0 bridgehead atoms. The highest BCUT2D eigenvalue weighted by atomic mass is 16.5. The fourth-order valence-electron chi connectivity index (χ4n) is 2.20. The number of nitrogens with one attached hydrogen (secondary N) is 1. The summed E-state index contributed by atoms with van der Waals surface area (Å²) in [5.74, 6) is -1.14. The molecule has 0 unspecified atom stereocenters. The molecule has 132 valence electrons. The largest absolute Gasteiger partial charge is 0.469 e. The number of methoxy groups -OCH3 is 1. The molecule has 1 rings (SSSR count). The Labute approximate surface area is 142 Å². The highest BCUT2D eigenvalue weighted by Crippen LogP contribution is 2.21. The van der Waals surface area contributed by atoms with Crippen LogP contribution in [-0.2, 0) is 23.9 Å². The predicted molar refractivity (Wildman–Crippen MR) is 89.3 cm³/mol. The van der Waals surface area contributed by atoms with E-state index in [9.17, 15) is 14.4 Å². The Morgan fingerprint density at radius 2 is 1.62 bits per heavy atom. The molecule has 0 saturated carbocycles. The van der Waals surface area contributed by atoms with E-state index in [-0.39, 0.29) is 19.4 Å². The van der Waals surface area contributed by atoms with Crippen molar-refractivity contribution in [2.75, 3.05) is 13.7 Å². The van der Waals surface area contributed by atoms with Crippen LogP contribution in [0.4, 0.5) is 0 Å². The van der Waals surface area contributed by atoms with Crippen molar-refractivity contribution in [3.05, 3.63) is 35.4 Å². The van der Waals surface area contributed by atoms with Crippen LogP contribution in [0.1, 0.15) is 56.7 Å². The monoisotopic (exact) mass is 335 g/mol. The lowest BCUT2D eigenvalue weighted by molar-refractivity contribution is -0.146. The Bertz CT molecular complexity index is 565. The fraction of sp³-hybridized carbons (Fsp3) is 0.500. The third-order valence-corrected chi connectivity index (χ3v) is 3.55. The molecule has 0 aliphatic rings. The van der Waals surface area contributed by atoms with Gasteiger partial charge in [-0.15, -0.1) is 0 Å². The summed E-state index contributed by atoms with van der Waals surface area (Å²) in [5, 5.41) is 2.70. The van der Waals surface area contributed by atoms with Gasteiger partial charge < -0.3 is 14.8 Å². The van der Waals surface area contributed by atoms with Crippen LogP contribution in [0.15, 0.2) is 24.3 Å². The van der Waals surface area contributed by atoms with Crippen molar-refractivity contribution < 1.29 is 23.9 Å². The van der Waals surface area contributed by atoms with Gasteiger partial charge in [0.2, 0.25) is 5.91 Å². The zero-order valence-electron chi connectivity index (χ0n) is 14.6. The standard InChI is InChI=1S/C18H25NO5/c1-5-24-18(22)11-16(20)19-15(10-17(21)23-4)14-8-6-13(7-9-14)12(2)3/h6-9,12,15H,5,10-11H2,1-4H3,(H,19,20)/t15-/m0/s1. The molecule has 0 aromatic heterocycles. The van der Waals surface area contributed by atoms with Crippen molar-refractivity contribution in [1.29, 1.82) is 0 Å². The Hall–Kier alpha value is -2.37. The van der Waals surface area contributed by atoms with Gasteiger partial charge in [-0.25, -0.2) is 0 Å². The van der Waals surface area contributed by atoms with Gasteiger partial charge in [-0.2, -0.15) is 0 Å². The van der Waals surface area contributed by atoms with Crippen LogP contribution < -0.4 is 5.32 Å². The second-order valence-electron chi connectivity index (χ2n) is 5.70. The van der Waals surface area contributed by atoms with Crippen molar-refractivity contribution in [1.82, 2.24) is 5.32 Å². The van der Waals surface area contributed by atoms with Gasteiger partial charge in [-0.3, -0.25) is 14.4 Å². The maximum atomic E-state index is 12.0. The Morgan fingerprint density at radius 3 is 2.12 bits per heavy atom. The smallest absolute Gasteiger partial charge is 0.315 e. The van der Waals surface area contributed by atoms with E-state index in [4.69, 9.17) is 4.74 Å². The summed E-state index contributed by atoms with van der Waals surface area (Å²) < 4.78 is 9.44. The van der Waals surface area contributed by atoms with E-state index in [1.165, 1.54) is 7.11 Å². The van der Waals surface area contributed by atoms with Gasteiger partial charge in [0.05, 0.1) is 26.2 Å². The maximum absolute atomic E-state index is 12.0. The third kappa shape index (κ3) is 6.40. The summed E-state index contributed by atoms with van der Waals surface area (Å²) in [7, 11) is 1.29. The van der Waals surface area contributed by atoms with Crippen molar-refractivity contribution >= 4 is 17.8 Å². The normalized spacial score (nSPS) is 11.7. The Balaban J connectivity index is 2.85. The first-order valence-electron chi connectivity index (χ1n) is 7.99. The van der Waals surface area contributed by atoms with E-state index >= 15 is 0 Å². The summed E-state index contributed by atoms with van der Waals surface area (Å²) in [6, 6.07) is 7.10. The highest BCUT2D eigenvalue weighted by molar-refractivity contribution is 5.94. The lowest BCUT2D eigenvalue weighted by Gasteiger charge is -2.19. The fourth-order valence-corrected chi connectivity index (χ4v) is 2.20. The maximum Gasteiger partial charge on any atom is 0.315 e. The Kier molecular flexibility index (Phi) is 7.95. The van der Waals surface area contributed by atoms with Crippen LogP contribution in [0.2, 0.25) is 0 Å². The van der Waals surface area contributed by atoms with Crippen LogP contribution >= 0.6 is 0 Å². The molecule has 0 aliphatic carbocycles. The van der Waals surface area contributed by atoms with E-state index in [0.29, 0.717) is 5.92 Å². The number of carbonyl (C=O) groups is 3. The van der Waals surface area contributed by atoms with E-state index in [2.05, 4.69) is 23.9 Å². The number of carbonyl (C=O) groups excluding carboxylic acids is 3. The molecule has 0 radical (unpaired) electrons. The van der Waals surface area contributed by atoms with Gasteiger partial charge in [0.1, 0.15) is 6.42 Å². The third-order valence-electron chi connectivity index (χ3n) is 3.55. The SMILES string of the molecule is CCOC(=O)CC(=O)N[C@@H](CC(=O)OC)c1ccc(C(C)C)cc1. The van der Waals surface area contributed by atoms with Gasteiger partial charge >= 0.3 is 11.9 Å². The molecule has 1 aromatic rings. The van der Waals surface area contributed by atoms with Crippen molar-refractivity contribution in [2.45, 2.75) is 45.6 Å². The van der Waals surface area contributed by atoms with E-state index in [1.807, 2.05) is 24.3 Å². The molecule has 6 nitrogen and oxygen atoms in total. The molecular formula is C18H25NO5. The zero-order chi connectivity index (χ0) is 18.1. The number of ether oxygens (including phenoxy) is 2. The minimum Gasteiger partial charge on any atom is -0.469 e. The summed E-state index contributed by atoms with van der Waals surface area (Å²) >= 11 is 0. The number of benzene rings is 1. The second-order valence-corrected chi connectivity index (χ2v) is 5.70. The molecule has 0 aliphatic heterocycles. The second kappa shape index (κ2) is 9.70. The number of esters is 2. The lowest BCUT2D eigenvalue weighted by Crippen LogP contribution is -2.32. The number of hydrogen-bond acceptors (Lipinski definition) is 5. The van der Waals surface area contributed by atoms with Gasteiger partial charge in [-0.05, 0) is 24.0 Å². The predicted octanol–water partition coefficient (Wildman–Crippen LogP) is 2.48. The molecule has 6 heteroatoms. The summed E-state index contributed by atoms with van der Waals surface area (Å²) in [6.45, 7) is 6.06. The van der Waals surface area contributed by atoms with Crippen molar-refractivity contribution in [3.63, 3.8) is 0 Å². The number of rotatable bonds is 8. The minimum atomic E-state index is -0.595. The molecule has 1 N–H and O–H groups in total. The highest BCUT2D eigenvalue weighted by Gasteiger charge is 2.20. The number of amides is 1. The molecule has 0 fully saturated rings. The summed E-state index contributed by atoms with van der Waals surface area (Å²) in [5.41, 5.74) is 1.94. The molecule has 24 heavy (non-hydrogen) atoms. The molecule has 0 spiro atoms. The van der Waals surface area contributed by atoms with Crippen molar-refractivity contribution in [3.8, 4) is 0 Å². The van der Waals surface area contributed by atoms with Crippen LogP contribution in [0, 0.1) is 0 Å². The first-order valence-corrected chi connectivity index (χ1v) is 7.99. The average molecular weight is 335 g/mol. The van der Waals surface area contributed by atoms with Gasteiger partial charge in [0.15, 0.2) is 0 Å².